The zero-order valence-electron chi connectivity index (χ0n) is 13.7. The summed E-state index contributed by atoms with van der Waals surface area (Å²) in [5.41, 5.74) is 1.64. The molecule has 5 heteroatoms. The highest BCUT2D eigenvalue weighted by atomic mass is 16.5. The first-order chi connectivity index (χ1) is 11.2. The summed E-state index contributed by atoms with van der Waals surface area (Å²) in [6.07, 6.45) is 2.64. The summed E-state index contributed by atoms with van der Waals surface area (Å²) in [7, 11) is 1.64. The molecule has 1 amide bonds. The van der Waals surface area contributed by atoms with Crippen molar-refractivity contribution in [3.8, 4) is 5.75 Å². The van der Waals surface area contributed by atoms with Crippen molar-refractivity contribution >= 4 is 16.9 Å². The molecule has 0 bridgehead atoms. The fraction of sp³-hybridized carbons (Fsp3) is 0.500. The molecule has 5 nitrogen and oxygen atoms in total. The lowest BCUT2D eigenvalue weighted by Crippen LogP contribution is -2.49. The summed E-state index contributed by atoms with van der Waals surface area (Å²) in [5.74, 6) is 1.25. The Bertz CT molecular complexity index is 740. The molecule has 1 aromatic heterocycles. The Labute approximate surface area is 135 Å². The Morgan fingerprint density at radius 1 is 1.22 bits per heavy atom. The molecule has 1 saturated heterocycles. The normalized spacial score (nSPS) is 19.3. The van der Waals surface area contributed by atoms with Crippen LogP contribution in [0.1, 0.15) is 29.0 Å². The van der Waals surface area contributed by atoms with Gasteiger partial charge in [-0.1, -0.05) is 0 Å². The molecule has 0 spiro atoms. The van der Waals surface area contributed by atoms with Crippen molar-refractivity contribution in [1.29, 1.82) is 0 Å². The summed E-state index contributed by atoms with van der Waals surface area (Å²) in [4.78, 5) is 17.2. The minimum Gasteiger partial charge on any atom is -0.497 e. The number of piperazine rings is 1. The third-order valence-electron chi connectivity index (χ3n) is 5.00. The van der Waals surface area contributed by atoms with E-state index in [0.29, 0.717) is 5.76 Å². The second-order valence-corrected chi connectivity index (χ2v) is 6.48. The van der Waals surface area contributed by atoms with E-state index in [1.807, 2.05) is 30.0 Å². The number of amides is 1. The van der Waals surface area contributed by atoms with Crippen LogP contribution >= 0.6 is 0 Å². The standard InChI is InChI=1S/C18H22N2O3/c1-12-15-11-14(22-2)5-6-16(15)23-17(12)18(21)20-9-7-19(8-10-20)13-3-4-13/h5-6,11,13H,3-4,7-10H2,1-2H3. The Morgan fingerprint density at radius 3 is 2.61 bits per heavy atom. The monoisotopic (exact) mass is 314 g/mol. The number of ether oxygens (including phenoxy) is 1. The van der Waals surface area contributed by atoms with Gasteiger partial charge in [-0.15, -0.1) is 0 Å². The average Bonchev–Trinajstić information content (AvgIpc) is 3.39. The van der Waals surface area contributed by atoms with E-state index >= 15 is 0 Å². The average molecular weight is 314 g/mol. The number of hydrogen-bond donors (Lipinski definition) is 0. The van der Waals surface area contributed by atoms with Crippen LogP contribution in [0, 0.1) is 6.92 Å². The summed E-state index contributed by atoms with van der Waals surface area (Å²) in [6, 6.07) is 6.42. The van der Waals surface area contributed by atoms with Crippen LogP contribution in [0.5, 0.6) is 5.75 Å². The maximum absolute atomic E-state index is 12.8. The van der Waals surface area contributed by atoms with Gasteiger partial charge in [-0.25, -0.2) is 0 Å². The van der Waals surface area contributed by atoms with Crippen molar-refractivity contribution in [1.82, 2.24) is 9.80 Å². The second-order valence-electron chi connectivity index (χ2n) is 6.48. The Morgan fingerprint density at radius 2 is 1.96 bits per heavy atom. The predicted octanol–water partition coefficient (Wildman–Crippen LogP) is 2.67. The van der Waals surface area contributed by atoms with E-state index in [1.165, 1.54) is 12.8 Å². The van der Waals surface area contributed by atoms with E-state index in [0.717, 1.165) is 54.5 Å². The van der Waals surface area contributed by atoms with Gasteiger partial charge in [0.2, 0.25) is 0 Å². The number of benzene rings is 1. The van der Waals surface area contributed by atoms with Gasteiger partial charge in [0.15, 0.2) is 5.76 Å². The number of hydrogen-bond acceptors (Lipinski definition) is 4. The molecule has 1 aliphatic carbocycles. The number of aryl methyl sites for hydroxylation is 1. The molecule has 0 N–H and O–H groups in total. The van der Waals surface area contributed by atoms with Gasteiger partial charge >= 0.3 is 0 Å². The van der Waals surface area contributed by atoms with Crippen LogP contribution in [-0.2, 0) is 0 Å². The molecule has 2 aliphatic rings. The van der Waals surface area contributed by atoms with E-state index in [9.17, 15) is 4.79 Å². The van der Waals surface area contributed by atoms with Gasteiger partial charge in [0, 0.05) is 43.2 Å². The van der Waals surface area contributed by atoms with E-state index in [4.69, 9.17) is 9.15 Å². The summed E-state index contributed by atoms with van der Waals surface area (Å²) in [5, 5.41) is 0.948. The molecule has 0 atom stereocenters. The van der Waals surface area contributed by atoms with Crippen molar-refractivity contribution in [2.75, 3.05) is 33.3 Å². The lowest BCUT2D eigenvalue weighted by atomic mass is 10.1. The van der Waals surface area contributed by atoms with Crippen LogP contribution in [-0.4, -0.2) is 55.0 Å². The van der Waals surface area contributed by atoms with Gasteiger partial charge < -0.3 is 14.1 Å². The van der Waals surface area contributed by atoms with Crippen LogP contribution < -0.4 is 4.74 Å². The number of rotatable bonds is 3. The zero-order chi connectivity index (χ0) is 16.0. The molecule has 4 rings (SSSR count). The van der Waals surface area contributed by atoms with Crippen LogP contribution in [0.2, 0.25) is 0 Å². The van der Waals surface area contributed by atoms with E-state index in [-0.39, 0.29) is 5.91 Å². The lowest BCUT2D eigenvalue weighted by molar-refractivity contribution is 0.0598. The molecule has 2 fully saturated rings. The molecule has 1 saturated carbocycles. The molecule has 23 heavy (non-hydrogen) atoms. The van der Waals surface area contributed by atoms with Gasteiger partial charge in [0.25, 0.3) is 5.91 Å². The van der Waals surface area contributed by atoms with Crippen molar-refractivity contribution in [3.05, 3.63) is 29.5 Å². The maximum atomic E-state index is 12.8. The number of methoxy groups -OCH3 is 1. The molecule has 0 radical (unpaired) electrons. The van der Waals surface area contributed by atoms with E-state index in [2.05, 4.69) is 4.90 Å². The van der Waals surface area contributed by atoms with E-state index < -0.39 is 0 Å². The summed E-state index contributed by atoms with van der Waals surface area (Å²) >= 11 is 0. The van der Waals surface area contributed by atoms with Crippen molar-refractivity contribution in [3.63, 3.8) is 0 Å². The summed E-state index contributed by atoms with van der Waals surface area (Å²) in [6.45, 7) is 5.47. The number of carbonyl (C=O) groups is 1. The Kier molecular flexibility index (Phi) is 3.53. The number of nitrogens with zero attached hydrogens (tertiary/aromatic N) is 2. The maximum Gasteiger partial charge on any atom is 0.289 e. The van der Waals surface area contributed by atoms with Crippen LogP contribution in [0.3, 0.4) is 0 Å². The first-order valence-electron chi connectivity index (χ1n) is 8.28. The molecule has 122 valence electrons. The highest BCUT2D eigenvalue weighted by Crippen LogP contribution is 2.31. The van der Waals surface area contributed by atoms with Crippen LogP contribution in [0.15, 0.2) is 22.6 Å². The van der Waals surface area contributed by atoms with E-state index in [1.54, 1.807) is 7.11 Å². The van der Waals surface area contributed by atoms with Crippen LogP contribution in [0.4, 0.5) is 0 Å². The third-order valence-corrected chi connectivity index (χ3v) is 5.00. The van der Waals surface area contributed by atoms with Crippen LogP contribution in [0.25, 0.3) is 11.0 Å². The zero-order valence-corrected chi connectivity index (χ0v) is 13.7. The number of furan rings is 1. The van der Waals surface area contributed by atoms with Crippen molar-refractivity contribution < 1.29 is 13.9 Å². The molecule has 2 aromatic rings. The van der Waals surface area contributed by atoms with Gasteiger partial charge in [0.05, 0.1) is 7.11 Å². The molecular formula is C18H22N2O3. The van der Waals surface area contributed by atoms with Gasteiger partial charge in [-0.3, -0.25) is 9.69 Å². The fourth-order valence-corrected chi connectivity index (χ4v) is 3.40. The highest BCUT2D eigenvalue weighted by molar-refractivity contribution is 5.99. The first-order valence-corrected chi connectivity index (χ1v) is 8.28. The Hall–Kier alpha value is -2.01. The Balaban J connectivity index is 1.56. The second kappa shape index (κ2) is 5.57. The van der Waals surface area contributed by atoms with Gasteiger partial charge in [-0.2, -0.15) is 0 Å². The molecule has 1 aromatic carbocycles. The first kappa shape index (κ1) is 14.6. The number of fused-ring (bicyclic) bond motifs is 1. The smallest absolute Gasteiger partial charge is 0.289 e. The van der Waals surface area contributed by atoms with Gasteiger partial charge in [0.1, 0.15) is 11.3 Å². The van der Waals surface area contributed by atoms with Gasteiger partial charge in [-0.05, 0) is 38.0 Å². The third kappa shape index (κ3) is 2.59. The summed E-state index contributed by atoms with van der Waals surface area (Å²) < 4.78 is 11.1. The van der Waals surface area contributed by atoms with Crippen molar-refractivity contribution in [2.45, 2.75) is 25.8 Å². The molecule has 1 aliphatic heterocycles. The number of carbonyl (C=O) groups excluding carboxylic acids is 1. The van der Waals surface area contributed by atoms with Crippen molar-refractivity contribution in [2.24, 2.45) is 0 Å². The largest absolute Gasteiger partial charge is 0.497 e. The lowest BCUT2D eigenvalue weighted by Gasteiger charge is -2.34. The topological polar surface area (TPSA) is 45.9 Å². The quantitative estimate of drug-likeness (QED) is 0.874. The highest BCUT2D eigenvalue weighted by Gasteiger charge is 2.33. The SMILES string of the molecule is COc1ccc2oc(C(=O)N3CCN(C4CC4)CC3)c(C)c2c1. The minimum atomic E-state index is 0.00751. The minimum absolute atomic E-state index is 0.00751. The molecule has 2 heterocycles. The predicted molar refractivity (Wildman–Crippen MR) is 88.0 cm³/mol. The molecule has 0 unspecified atom stereocenters. The fourth-order valence-electron chi connectivity index (χ4n) is 3.40. The molecular weight excluding hydrogens is 292 g/mol.